The zero-order valence-electron chi connectivity index (χ0n) is 26.2. The molecule has 0 saturated carbocycles. The van der Waals surface area contributed by atoms with E-state index >= 15 is 0 Å². The van der Waals surface area contributed by atoms with E-state index in [0.717, 1.165) is 0 Å². The standard InChI is InChI=1S/C27H50N10O8/c1-14(29)21(39)33-15(2)22(40)36-20(16(3)38)24(42)34-17(8-4-5-11-28)25(43)37-13-7-10-19(37)23(41)35-18(26(44)45)9-6-12-32-27(30)31/h14-20,38H,4-13,28-29H2,1-3H3,(H,33,39)(H,34,42)(H,35,41)(H,36,40)(H,44,45)(H4,30,31,32)/t14-,15-,16+,17-,18-,19-,20-/m0/s1. The summed E-state index contributed by atoms with van der Waals surface area (Å²) in [6, 6.07) is -6.79. The Morgan fingerprint density at radius 1 is 0.889 bits per heavy atom. The van der Waals surface area contributed by atoms with E-state index in [0.29, 0.717) is 25.8 Å². The number of carbonyl (C=O) groups is 6. The van der Waals surface area contributed by atoms with E-state index in [4.69, 9.17) is 22.9 Å². The molecule has 0 spiro atoms. The summed E-state index contributed by atoms with van der Waals surface area (Å²) in [7, 11) is 0. The summed E-state index contributed by atoms with van der Waals surface area (Å²) in [5.41, 5.74) is 21.7. The van der Waals surface area contributed by atoms with Gasteiger partial charge in [-0.3, -0.25) is 29.0 Å². The van der Waals surface area contributed by atoms with Crippen LogP contribution in [0, 0.1) is 0 Å². The van der Waals surface area contributed by atoms with Crippen LogP contribution < -0.4 is 44.2 Å². The van der Waals surface area contributed by atoms with Crippen LogP contribution in [0.1, 0.15) is 65.7 Å². The summed E-state index contributed by atoms with van der Waals surface area (Å²) in [6.45, 7) is 4.79. The maximum absolute atomic E-state index is 13.7. The van der Waals surface area contributed by atoms with Crippen LogP contribution in [0.4, 0.5) is 0 Å². The summed E-state index contributed by atoms with van der Waals surface area (Å²) in [5.74, 6) is -4.84. The molecule has 45 heavy (non-hydrogen) atoms. The highest BCUT2D eigenvalue weighted by molar-refractivity contribution is 5.96. The molecule has 256 valence electrons. The number of nitrogens with two attached hydrogens (primary N) is 4. The molecule has 0 bridgehead atoms. The highest BCUT2D eigenvalue weighted by Crippen LogP contribution is 2.20. The first-order valence-electron chi connectivity index (χ1n) is 15.0. The van der Waals surface area contributed by atoms with Crippen LogP contribution >= 0.6 is 0 Å². The number of carboxylic acids is 1. The second-order valence-corrected chi connectivity index (χ2v) is 11.1. The molecule has 0 radical (unpaired) electrons. The van der Waals surface area contributed by atoms with Gasteiger partial charge >= 0.3 is 5.97 Å². The minimum Gasteiger partial charge on any atom is -0.480 e. The number of guanidine groups is 1. The number of aliphatic imine (C=N–C) groups is 1. The predicted octanol–water partition coefficient (Wildman–Crippen LogP) is -4.07. The molecule has 1 aliphatic rings. The summed E-state index contributed by atoms with van der Waals surface area (Å²) in [4.78, 5) is 81.6. The summed E-state index contributed by atoms with van der Waals surface area (Å²) >= 11 is 0. The van der Waals surface area contributed by atoms with Crippen LogP contribution in [-0.2, 0) is 28.8 Å². The number of hydrogen-bond donors (Lipinski definition) is 10. The number of rotatable bonds is 19. The second-order valence-electron chi connectivity index (χ2n) is 11.1. The number of carbonyl (C=O) groups excluding carboxylic acids is 5. The minimum atomic E-state index is -1.48. The summed E-state index contributed by atoms with van der Waals surface area (Å²) in [6.07, 6.45) is 0.835. The highest BCUT2D eigenvalue weighted by atomic mass is 16.4. The zero-order valence-corrected chi connectivity index (χ0v) is 26.2. The normalized spacial score (nSPS) is 18.4. The number of nitrogens with zero attached hydrogens (tertiary/aromatic N) is 2. The number of carboxylic acid groups (broad SMARTS) is 1. The quantitative estimate of drug-likeness (QED) is 0.0365. The van der Waals surface area contributed by atoms with Gasteiger partial charge in [0.1, 0.15) is 30.2 Å². The number of unbranched alkanes of at least 4 members (excludes halogenated alkanes) is 1. The van der Waals surface area contributed by atoms with E-state index in [1.165, 1.54) is 25.7 Å². The fourth-order valence-corrected chi connectivity index (χ4v) is 4.64. The SMILES string of the molecule is C[C@H](N)C(=O)N[C@@H](C)C(=O)N[C@H](C(=O)N[C@@H](CCCCN)C(=O)N1CCC[C@H]1C(=O)N[C@@H](CCCN=C(N)N)C(=O)O)[C@@H](C)O. The lowest BCUT2D eigenvalue weighted by Crippen LogP contribution is -2.60. The Balaban J connectivity index is 3.05. The number of likely N-dealkylation sites (tertiary alicyclic amines) is 1. The van der Waals surface area contributed by atoms with Gasteiger partial charge in [0.25, 0.3) is 0 Å². The molecular formula is C27H50N10O8. The average Bonchev–Trinajstić information content (AvgIpc) is 3.46. The second kappa shape index (κ2) is 19.4. The van der Waals surface area contributed by atoms with Gasteiger partial charge in [0.2, 0.25) is 29.5 Å². The molecule has 0 aliphatic carbocycles. The lowest BCUT2D eigenvalue weighted by Gasteiger charge is -2.31. The van der Waals surface area contributed by atoms with Crippen LogP contribution in [0.25, 0.3) is 0 Å². The smallest absolute Gasteiger partial charge is 0.326 e. The summed E-state index contributed by atoms with van der Waals surface area (Å²) in [5, 5.41) is 29.7. The number of amides is 5. The molecule has 1 fully saturated rings. The molecule has 14 N–H and O–H groups in total. The predicted molar refractivity (Wildman–Crippen MR) is 164 cm³/mol. The maximum atomic E-state index is 13.7. The Kier molecular flexibility index (Phi) is 16.8. The molecule has 18 nitrogen and oxygen atoms in total. The van der Waals surface area contributed by atoms with Gasteiger partial charge in [0.15, 0.2) is 5.96 Å². The van der Waals surface area contributed by atoms with E-state index in [1.54, 1.807) is 0 Å². The van der Waals surface area contributed by atoms with E-state index in [9.17, 15) is 39.0 Å². The third-order valence-electron chi connectivity index (χ3n) is 7.19. The maximum Gasteiger partial charge on any atom is 0.326 e. The third kappa shape index (κ3) is 13.2. The highest BCUT2D eigenvalue weighted by Gasteiger charge is 2.39. The van der Waals surface area contributed by atoms with Gasteiger partial charge in [0, 0.05) is 13.1 Å². The van der Waals surface area contributed by atoms with Crippen LogP contribution in [0.3, 0.4) is 0 Å². The van der Waals surface area contributed by atoms with Crippen molar-refractivity contribution in [1.82, 2.24) is 26.2 Å². The van der Waals surface area contributed by atoms with Gasteiger partial charge in [0.05, 0.1) is 12.1 Å². The number of aliphatic carboxylic acids is 1. The molecule has 0 aromatic heterocycles. The van der Waals surface area contributed by atoms with E-state index in [2.05, 4.69) is 26.3 Å². The lowest BCUT2D eigenvalue weighted by molar-refractivity contribution is -0.145. The van der Waals surface area contributed by atoms with Gasteiger partial charge < -0.3 is 59.3 Å². The van der Waals surface area contributed by atoms with Gasteiger partial charge in [-0.15, -0.1) is 0 Å². The van der Waals surface area contributed by atoms with Crippen molar-refractivity contribution in [2.24, 2.45) is 27.9 Å². The Morgan fingerprint density at radius 2 is 1.53 bits per heavy atom. The van der Waals surface area contributed by atoms with Gasteiger partial charge in [-0.05, 0) is 72.3 Å². The molecule has 1 heterocycles. The van der Waals surface area contributed by atoms with Crippen LogP contribution in [0.2, 0.25) is 0 Å². The van der Waals surface area contributed by atoms with Crippen LogP contribution in [0.15, 0.2) is 4.99 Å². The minimum absolute atomic E-state index is 0.0519. The van der Waals surface area contributed by atoms with E-state index in [1.807, 2.05) is 0 Å². The largest absolute Gasteiger partial charge is 0.480 e. The van der Waals surface area contributed by atoms with Crippen molar-refractivity contribution in [3.8, 4) is 0 Å². The van der Waals surface area contributed by atoms with Crippen molar-refractivity contribution in [2.75, 3.05) is 19.6 Å². The van der Waals surface area contributed by atoms with Gasteiger partial charge in [-0.1, -0.05) is 0 Å². The molecule has 5 amide bonds. The molecule has 18 heteroatoms. The number of aliphatic hydroxyl groups is 1. The monoisotopic (exact) mass is 642 g/mol. The van der Waals surface area contributed by atoms with Crippen molar-refractivity contribution >= 4 is 41.5 Å². The third-order valence-corrected chi connectivity index (χ3v) is 7.19. The summed E-state index contributed by atoms with van der Waals surface area (Å²) < 4.78 is 0. The molecule has 1 aliphatic heterocycles. The van der Waals surface area contributed by atoms with Crippen LogP contribution in [-0.4, -0.2) is 119 Å². The van der Waals surface area contributed by atoms with Crippen molar-refractivity contribution in [3.63, 3.8) is 0 Å². The lowest BCUT2D eigenvalue weighted by atomic mass is 10.0. The first kappa shape index (κ1) is 39.0. The number of aliphatic hydroxyl groups excluding tert-OH is 1. The Hall–Kier alpha value is -4.03. The van der Waals surface area contributed by atoms with E-state index < -0.39 is 77.9 Å². The van der Waals surface area contributed by atoms with Gasteiger partial charge in [-0.2, -0.15) is 0 Å². The van der Waals surface area contributed by atoms with E-state index in [-0.39, 0.29) is 44.7 Å². The number of nitrogens with one attached hydrogen (secondary N) is 4. The van der Waals surface area contributed by atoms with Crippen molar-refractivity contribution in [3.05, 3.63) is 0 Å². The van der Waals surface area contributed by atoms with Crippen molar-refractivity contribution < 1.29 is 39.0 Å². The molecule has 7 atom stereocenters. The molecule has 1 rings (SSSR count). The zero-order chi connectivity index (χ0) is 34.3. The fourth-order valence-electron chi connectivity index (χ4n) is 4.64. The average molecular weight is 643 g/mol. The topological polar surface area (TPSA) is 311 Å². The van der Waals surface area contributed by atoms with Crippen molar-refractivity contribution in [1.29, 1.82) is 0 Å². The first-order chi connectivity index (χ1) is 21.1. The molecule has 0 aromatic carbocycles. The van der Waals surface area contributed by atoms with Crippen molar-refractivity contribution in [2.45, 2.75) is 108 Å². The first-order valence-corrected chi connectivity index (χ1v) is 15.0. The fraction of sp³-hybridized carbons (Fsp3) is 0.741. The molecule has 0 unspecified atom stereocenters. The molecule has 0 aromatic rings. The Bertz CT molecular complexity index is 1070. The number of hydrogen-bond acceptors (Lipinski definition) is 10. The van der Waals surface area contributed by atoms with Gasteiger partial charge in [-0.25, -0.2) is 4.79 Å². The Morgan fingerprint density at radius 3 is 2.09 bits per heavy atom. The molecular weight excluding hydrogens is 592 g/mol. The Labute approximate surface area is 262 Å². The van der Waals surface area contributed by atoms with Crippen LogP contribution in [0.5, 0.6) is 0 Å². The molecule has 1 saturated heterocycles.